The third kappa shape index (κ3) is 4.73. The Morgan fingerprint density at radius 3 is 2.48 bits per heavy atom. The van der Waals surface area contributed by atoms with Gasteiger partial charge < -0.3 is 15.1 Å². The van der Waals surface area contributed by atoms with Crippen molar-refractivity contribution in [2.45, 2.75) is 13.1 Å². The molecule has 2 aromatic rings. The van der Waals surface area contributed by atoms with Crippen LogP contribution in [0.15, 0.2) is 30.3 Å². The van der Waals surface area contributed by atoms with E-state index >= 15 is 0 Å². The van der Waals surface area contributed by atoms with Crippen molar-refractivity contribution in [3.05, 3.63) is 47.4 Å². The van der Waals surface area contributed by atoms with Crippen LogP contribution in [-0.4, -0.2) is 58.9 Å². The zero-order valence-electron chi connectivity index (χ0n) is 15.0. The summed E-state index contributed by atoms with van der Waals surface area (Å²) in [5.74, 6) is 0.435. The summed E-state index contributed by atoms with van der Waals surface area (Å²) in [4.78, 5) is 24.9. The lowest BCUT2D eigenvalue weighted by Crippen LogP contribution is -2.47. The molecule has 1 aliphatic heterocycles. The predicted octanol–water partition coefficient (Wildman–Crippen LogP) is 2.94. The molecule has 1 aromatic heterocycles. The molecule has 1 amide bonds. The second-order valence-electron chi connectivity index (χ2n) is 6.48. The third-order valence-electron chi connectivity index (χ3n) is 4.31. The Labute approximate surface area is 155 Å². The van der Waals surface area contributed by atoms with Gasteiger partial charge in [-0.25, -0.2) is 9.97 Å². The number of nitrogens with one attached hydrogen (secondary N) is 1. The first-order chi connectivity index (χ1) is 12.7. The fourth-order valence-corrected chi connectivity index (χ4v) is 2.83. The number of nitrogens with zero attached hydrogens (tertiary/aromatic N) is 4. The summed E-state index contributed by atoms with van der Waals surface area (Å²) in [7, 11) is 1.99. The lowest BCUT2D eigenvalue weighted by molar-refractivity contribution is -0.137. The smallest absolute Gasteiger partial charge is 0.340 e. The molecule has 0 saturated carbocycles. The van der Waals surface area contributed by atoms with Crippen molar-refractivity contribution < 1.29 is 18.0 Å². The van der Waals surface area contributed by atoms with Crippen LogP contribution in [0, 0.1) is 6.92 Å². The zero-order chi connectivity index (χ0) is 19.6. The molecule has 1 aromatic carbocycles. The summed E-state index contributed by atoms with van der Waals surface area (Å²) >= 11 is 0. The number of alkyl halides is 3. The maximum atomic E-state index is 12.9. The first-order valence-corrected chi connectivity index (χ1v) is 8.50. The van der Waals surface area contributed by atoms with E-state index in [1.807, 2.05) is 7.05 Å². The van der Waals surface area contributed by atoms with E-state index in [0.29, 0.717) is 18.9 Å². The van der Waals surface area contributed by atoms with Crippen LogP contribution in [0.3, 0.4) is 0 Å². The molecular weight excluding hydrogens is 359 g/mol. The Balaban J connectivity index is 1.81. The van der Waals surface area contributed by atoms with Gasteiger partial charge in [0, 0.05) is 37.9 Å². The van der Waals surface area contributed by atoms with E-state index in [1.165, 1.54) is 18.2 Å². The minimum absolute atomic E-state index is 0.208. The van der Waals surface area contributed by atoms with E-state index < -0.39 is 11.7 Å². The Morgan fingerprint density at radius 1 is 1.11 bits per heavy atom. The summed E-state index contributed by atoms with van der Waals surface area (Å²) in [6.45, 7) is 4.41. The number of piperazine rings is 1. The lowest BCUT2D eigenvalue weighted by atomic mass is 10.2. The number of benzene rings is 1. The topological polar surface area (TPSA) is 61.4 Å². The quantitative estimate of drug-likeness (QED) is 0.889. The number of hydrogen-bond acceptors (Lipinski definition) is 5. The van der Waals surface area contributed by atoms with Gasteiger partial charge in [-0.2, -0.15) is 13.2 Å². The number of aryl methyl sites for hydroxylation is 1. The predicted molar refractivity (Wildman–Crippen MR) is 94.9 cm³/mol. The summed E-state index contributed by atoms with van der Waals surface area (Å²) in [5, 5.41) is 2.83. The normalized spacial score (nSPS) is 15.7. The second-order valence-corrected chi connectivity index (χ2v) is 6.48. The van der Waals surface area contributed by atoms with Gasteiger partial charge in [-0.05, 0) is 32.2 Å². The lowest BCUT2D eigenvalue weighted by Gasteiger charge is -2.32. The highest BCUT2D eigenvalue weighted by molar-refractivity contribution is 5.93. The monoisotopic (exact) mass is 379 g/mol. The number of rotatable bonds is 3. The van der Waals surface area contributed by atoms with Crippen LogP contribution >= 0.6 is 0 Å². The van der Waals surface area contributed by atoms with E-state index in [0.717, 1.165) is 25.2 Å². The Hall–Kier alpha value is -2.68. The van der Waals surface area contributed by atoms with Crippen molar-refractivity contribution in [1.82, 2.24) is 19.8 Å². The number of aromatic nitrogens is 2. The van der Waals surface area contributed by atoms with Crippen LogP contribution in [0.2, 0.25) is 0 Å². The SMILES string of the molecule is Cc1nc(Nc2cccc(C(F)(F)F)c2)cc(C(=O)N2CCN(C)CC2)n1. The molecule has 1 aliphatic rings. The zero-order valence-corrected chi connectivity index (χ0v) is 15.0. The fourth-order valence-electron chi connectivity index (χ4n) is 2.83. The number of carbonyl (C=O) groups is 1. The number of hydrogen-bond donors (Lipinski definition) is 1. The maximum Gasteiger partial charge on any atom is 0.416 e. The molecule has 0 radical (unpaired) electrons. The Kier molecular flexibility index (Phi) is 5.31. The molecule has 2 heterocycles. The van der Waals surface area contributed by atoms with Gasteiger partial charge in [0.1, 0.15) is 17.3 Å². The molecule has 27 heavy (non-hydrogen) atoms. The molecule has 0 bridgehead atoms. The molecule has 6 nitrogen and oxygen atoms in total. The van der Waals surface area contributed by atoms with Gasteiger partial charge in [0.2, 0.25) is 0 Å². The molecule has 3 rings (SSSR count). The third-order valence-corrected chi connectivity index (χ3v) is 4.31. The molecule has 1 N–H and O–H groups in total. The molecule has 0 unspecified atom stereocenters. The van der Waals surface area contributed by atoms with E-state index in [1.54, 1.807) is 11.8 Å². The highest BCUT2D eigenvalue weighted by Gasteiger charge is 2.30. The molecule has 0 aliphatic carbocycles. The van der Waals surface area contributed by atoms with Crippen LogP contribution in [0.4, 0.5) is 24.7 Å². The van der Waals surface area contributed by atoms with Gasteiger partial charge in [-0.1, -0.05) is 6.07 Å². The van der Waals surface area contributed by atoms with Gasteiger partial charge in [-0.15, -0.1) is 0 Å². The van der Waals surface area contributed by atoms with Crippen LogP contribution in [0.25, 0.3) is 0 Å². The number of carbonyl (C=O) groups excluding carboxylic acids is 1. The molecule has 0 spiro atoms. The van der Waals surface area contributed by atoms with Crippen molar-refractivity contribution >= 4 is 17.4 Å². The molecular formula is C18H20F3N5O. The average molecular weight is 379 g/mol. The van der Waals surface area contributed by atoms with E-state index in [2.05, 4.69) is 20.2 Å². The highest BCUT2D eigenvalue weighted by Crippen LogP contribution is 2.31. The maximum absolute atomic E-state index is 12.9. The van der Waals surface area contributed by atoms with E-state index in [9.17, 15) is 18.0 Å². The Morgan fingerprint density at radius 2 is 1.81 bits per heavy atom. The van der Waals surface area contributed by atoms with Gasteiger partial charge in [0.15, 0.2) is 0 Å². The van der Waals surface area contributed by atoms with Gasteiger partial charge in [0.05, 0.1) is 5.56 Å². The molecule has 144 valence electrons. The molecule has 1 saturated heterocycles. The minimum atomic E-state index is -4.43. The number of halogens is 3. The first-order valence-electron chi connectivity index (χ1n) is 8.50. The largest absolute Gasteiger partial charge is 0.416 e. The van der Waals surface area contributed by atoms with Gasteiger partial charge in [0.25, 0.3) is 5.91 Å². The fraction of sp³-hybridized carbons (Fsp3) is 0.389. The van der Waals surface area contributed by atoms with Crippen LogP contribution < -0.4 is 5.32 Å². The highest BCUT2D eigenvalue weighted by atomic mass is 19.4. The van der Waals surface area contributed by atoms with Crippen molar-refractivity contribution in [1.29, 1.82) is 0 Å². The number of anilines is 2. The summed E-state index contributed by atoms with van der Waals surface area (Å²) in [5.41, 5.74) is -0.297. The number of likely N-dealkylation sites (N-methyl/N-ethyl adjacent to an activating group) is 1. The minimum Gasteiger partial charge on any atom is -0.340 e. The average Bonchev–Trinajstić information content (AvgIpc) is 2.61. The Bertz CT molecular complexity index is 832. The standard InChI is InChI=1S/C18H20F3N5O/c1-12-22-15(17(27)26-8-6-25(2)7-9-26)11-16(23-12)24-14-5-3-4-13(10-14)18(19,20)21/h3-5,10-11H,6-9H2,1-2H3,(H,22,23,24). The van der Waals surface area contributed by atoms with Crippen molar-refractivity contribution in [3.8, 4) is 0 Å². The van der Waals surface area contributed by atoms with Crippen LogP contribution in [0.5, 0.6) is 0 Å². The molecule has 9 heteroatoms. The molecule has 1 fully saturated rings. The first kappa shape index (κ1) is 19.1. The molecule has 0 atom stereocenters. The van der Waals surface area contributed by atoms with Gasteiger partial charge >= 0.3 is 6.18 Å². The number of amides is 1. The van der Waals surface area contributed by atoms with Crippen molar-refractivity contribution in [3.63, 3.8) is 0 Å². The van der Waals surface area contributed by atoms with E-state index in [4.69, 9.17) is 0 Å². The van der Waals surface area contributed by atoms with Crippen LogP contribution in [-0.2, 0) is 6.18 Å². The summed E-state index contributed by atoms with van der Waals surface area (Å²) < 4.78 is 38.6. The summed E-state index contributed by atoms with van der Waals surface area (Å²) in [6.07, 6.45) is -4.43. The van der Waals surface area contributed by atoms with Crippen LogP contribution in [0.1, 0.15) is 21.9 Å². The van der Waals surface area contributed by atoms with Crippen molar-refractivity contribution in [2.75, 3.05) is 38.5 Å². The second kappa shape index (κ2) is 7.51. The van der Waals surface area contributed by atoms with Gasteiger partial charge in [-0.3, -0.25) is 4.79 Å². The van der Waals surface area contributed by atoms with Crippen molar-refractivity contribution in [2.24, 2.45) is 0 Å². The van der Waals surface area contributed by atoms with E-state index in [-0.39, 0.29) is 23.1 Å². The summed E-state index contributed by atoms with van der Waals surface area (Å²) in [6, 6.07) is 6.29.